The van der Waals surface area contributed by atoms with Gasteiger partial charge in [-0.05, 0) is 39.4 Å². The van der Waals surface area contributed by atoms with Crippen molar-refractivity contribution in [3.8, 4) is 0 Å². The number of halogens is 1. The molecule has 1 aromatic rings. The Labute approximate surface area is 87.1 Å². The van der Waals surface area contributed by atoms with Crippen molar-refractivity contribution in [2.75, 3.05) is 6.61 Å². The topological polar surface area (TPSA) is 33.1 Å². The molecule has 13 heavy (non-hydrogen) atoms. The van der Waals surface area contributed by atoms with Crippen molar-refractivity contribution in [3.63, 3.8) is 0 Å². The van der Waals surface area contributed by atoms with Crippen molar-refractivity contribution in [1.82, 2.24) is 4.98 Å². The number of nitrogens with zero attached hydrogens (tertiary/aromatic N) is 1. The van der Waals surface area contributed by atoms with Crippen molar-refractivity contribution in [3.05, 3.63) is 28.5 Å². The van der Waals surface area contributed by atoms with Gasteiger partial charge in [0, 0.05) is 23.5 Å². The molecule has 0 bridgehead atoms. The molecule has 0 radical (unpaired) electrons. The van der Waals surface area contributed by atoms with Crippen LogP contribution in [0.15, 0.2) is 22.9 Å². The Morgan fingerprint density at radius 2 is 2.15 bits per heavy atom. The molecule has 0 aliphatic heterocycles. The van der Waals surface area contributed by atoms with Gasteiger partial charge in [0.2, 0.25) is 0 Å². The Bertz CT molecular complexity index is 286. The number of aliphatic hydroxyl groups excluding tert-OH is 1. The third kappa shape index (κ3) is 3.44. The van der Waals surface area contributed by atoms with Gasteiger partial charge in [0.15, 0.2) is 0 Å². The number of hydrogen-bond acceptors (Lipinski definition) is 2. The first-order chi connectivity index (χ1) is 6.03. The lowest BCUT2D eigenvalue weighted by Crippen LogP contribution is -2.19. The number of aromatic nitrogens is 1. The quantitative estimate of drug-likeness (QED) is 0.885. The molecule has 72 valence electrons. The Hall–Kier alpha value is -0.410. The molecule has 0 fully saturated rings. The zero-order valence-corrected chi connectivity index (χ0v) is 9.50. The second kappa shape index (κ2) is 4.20. The number of pyridine rings is 1. The number of rotatable bonds is 3. The highest BCUT2D eigenvalue weighted by Gasteiger charge is 2.17. The van der Waals surface area contributed by atoms with Crippen molar-refractivity contribution >= 4 is 15.9 Å². The van der Waals surface area contributed by atoms with E-state index in [0.717, 1.165) is 16.5 Å². The summed E-state index contributed by atoms with van der Waals surface area (Å²) in [5.41, 5.74) is 1.08. The maximum atomic E-state index is 9.09. The van der Waals surface area contributed by atoms with Gasteiger partial charge in [-0.3, -0.25) is 4.98 Å². The molecule has 0 amide bonds. The van der Waals surface area contributed by atoms with Crippen LogP contribution in [0.2, 0.25) is 0 Å². The third-order valence-corrected chi connectivity index (χ3v) is 2.31. The van der Waals surface area contributed by atoms with Crippen LogP contribution < -0.4 is 0 Å². The fourth-order valence-corrected chi connectivity index (χ4v) is 1.57. The van der Waals surface area contributed by atoms with Gasteiger partial charge < -0.3 is 5.11 Å². The standard InChI is InChI=1S/C10H14BrNO/c1-10(2,7-13)4-8-3-9(11)6-12-5-8/h3,5-6,13H,4,7H2,1-2H3. The van der Waals surface area contributed by atoms with Gasteiger partial charge in [0.1, 0.15) is 0 Å². The number of aliphatic hydroxyl groups is 1. The van der Waals surface area contributed by atoms with E-state index in [4.69, 9.17) is 5.11 Å². The SMILES string of the molecule is CC(C)(CO)Cc1cncc(Br)c1. The van der Waals surface area contributed by atoms with Crippen molar-refractivity contribution in [1.29, 1.82) is 0 Å². The van der Waals surface area contributed by atoms with Crippen LogP contribution in [-0.2, 0) is 6.42 Å². The second-order valence-electron chi connectivity index (χ2n) is 4.01. The summed E-state index contributed by atoms with van der Waals surface area (Å²) in [7, 11) is 0. The minimum absolute atomic E-state index is 0.0670. The van der Waals surface area contributed by atoms with Crippen LogP contribution in [0.1, 0.15) is 19.4 Å². The van der Waals surface area contributed by atoms with E-state index in [1.165, 1.54) is 0 Å². The third-order valence-electron chi connectivity index (χ3n) is 1.87. The molecule has 0 saturated heterocycles. The first kappa shape index (κ1) is 10.7. The normalized spacial score (nSPS) is 11.7. The highest BCUT2D eigenvalue weighted by Crippen LogP contribution is 2.21. The van der Waals surface area contributed by atoms with Gasteiger partial charge in [0.05, 0.1) is 0 Å². The smallest absolute Gasteiger partial charge is 0.0485 e. The maximum absolute atomic E-state index is 9.09. The van der Waals surface area contributed by atoms with Crippen LogP contribution in [0.4, 0.5) is 0 Å². The molecule has 0 atom stereocenters. The molecule has 0 spiro atoms. The van der Waals surface area contributed by atoms with E-state index < -0.39 is 0 Å². The fraction of sp³-hybridized carbons (Fsp3) is 0.500. The molecule has 1 aromatic heterocycles. The summed E-state index contributed by atoms with van der Waals surface area (Å²) in [5, 5.41) is 9.09. The van der Waals surface area contributed by atoms with Gasteiger partial charge in [-0.1, -0.05) is 13.8 Å². The van der Waals surface area contributed by atoms with Gasteiger partial charge in [-0.15, -0.1) is 0 Å². The largest absolute Gasteiger partial charge is 0.396 e. The Morgan fingerprint density at radius 3 is 2.69 bits per heavy atom. The lowest BCUT2D eigenvalue weighted by atomic mass is 9.87. The molecule has 2 nitrogen and oxygen atoms in total. The zero-order valence-electron chi connectivity index (χ0n) is 7.92. The molecular formula is C10H14BrNO. The molecule has 0 aromatic carbocycles. The predicted molar refractivity (Wildman–Crippen MR) is 56.5 cm³/mol. The summed E-state index contributed by atoms with van der Waals surface area (Å²) in [6.45, 7) is 4.27. The van der Waals surface area contributed by atoms with E-state index in [-0.39, 0.29) is 12.0 Å². The number of hydrogen-bond donors (Lipinski definition) is 1. The Morgan fingerprint density at radius 1 is 1.46 bits per heavy atom. The average Bonchev–Trinajstić information content (AvgIpc) is 2.03. The zero-order chi connectivity index (χ0) is 9.90. The molecule has 3 heteroatoms. The van der Waals surface area contributed by atoms with Crippen LogP contribution in [0, 0.1) is 5.41 Å². The Kier molecular flexibility index (Phi) is 3.45. The molecule has 1 rings (SSSR count). The van der Waals surface area contributed by atoms with Crippen molar-refractivity contribution < 1.29 is 5.11 Å². The van der Waals surface area contributed by atoms with Crippen LogP contribution >= 0.6 is 15.9 Å². The molecule has 0 aliphatic rings. The summed E-state index contributed by atoms with van der Waals surface area (Å²) < 4.78 is 0.985. The predicted octanol–water partition coefficient (Wildman–Crippen LogP) is 2.41. The van der Waals surface area contributed by atoms with Crippen LogP contribution in [0.3, 0.4) is 0 Å². The monoisotopic (exact) mass is 243 g/mol. The maximum Gasteiger partial charge on any atom is 0.0485 e. The van der Waals surface area contributed by atoms with Crippen molar-refractivity contribution in [2.45, 2.75) is 20.3 Å². The first-order valence-electron chi connectivity index (χ1n) is 4.24. The summed E-state index contributed by atoms with van der Waals surface area (Å²) in [4.78, 5) is 4.07. The van der Waals surface area contributed by atoms with E-state index in [1.54, 1.807) is 6.20 Å². The fourth-order valence-electron chi connectivity index (χ4n) is 1.16. The van der Waals surface area contributed by atoms with Gasteiger partial charge >= 0.3 is 0 Å². The van der Waals surface area contributed by atoms with Crippen LogP contribution in [0.25, 0.3) is 0 Å². The molecule has 1 heterocycles. The molecule has 0 aliphatic carbocycles. The average molecular weight is 244 g/mol. The molecule has 0 saturated carbocycles. The lowest BCUT2D eigenvalue weighted by molar-refractivity contribution is 0.159. The van der Waals surface area contributed by atoms with Gasteiger partial charge in [0.25, 0.3) is 0 Å². The first-order valence-corrected chi connectivity index (χ1v) is 5.03. The van der Waals surface area contributed by atoms with E-state index in [1.807, 2.05) is 26.1 Å². The lowest BCUT2D eigenvalue weighted by Gasteiger charge is -2.21. The molecular weight excluding hydrogens is 230 g/mol. The van der Waals surface area contributed by atoms with Crippen molar-refractivity contribution in [2.24, 2.45) is 5.41 Å². The van der Waals surface area contributed by atoms with E-state index in [0.29, 0.717) is 0 Å². The van der Waals surface area contributed by atoms with E-state index in [9.17, 15) is 0 Å². The van der Waals surface area contributed by atoms with Crippen LogP contribution in [-0.4, -0.2) is 16.7 Å². The molecule has 0 unspecified atom stereocenters. The second-order valence-corrected chi connectivity index (χ2v) is 4.93. The summed E-state index contributed by atoms with van der Waals surface area (Å²) in [6.07, 6.45) is 4.44. The highest BCUT2D eigenvalue weighted by atomic mass is 79.9. The van der Waals surface area contributed by atoms with Gasteiger partial charge in [-0.2, -0.15) is 0 Å². The summed E-state index contributed by atoms with van der Waals surface area (Å²) >= 11 is 3.37. The summed E-state index contributed by atoms with van der Waals surface area (Å²) in [5.74, 6) is 0. The summed E-state index contributed by atoms with van der Waals surface area (Å²) in [6, 6.07) is 2.03. The van der Waals surface area contributed by atoms with E-state index in [2.05, 4.69) is 20.9 Å². The minimum Gasteiger partial charge on any atom is -0.396 e. The minimum atomic E-state index is -0.0670. The van der Waals surface area contributed by atoms with Gasteiger partial charge in [-0.25, -0.2) is 0 Å². The Balaban J connectivity index is 2.74. The van der Waals surface area contributed by atoms with Crippen LogP contribution in [0.5, 0.6) is 0 Å². The molecule has 1 N–H and O–H groups in total. The highest BCUT2D eigenvalue weighted by molar-refractivity contribution is 9.10. The van der Waals surface area contributed by atoms with E-state index >= 15 is 0 Å².